The molecule has 0 fully saturated rings. The third-order valence-corrected chi connectivity index (χ3v) is 3.48. The molecule has 0 saturated heterocycles. The molecule has 0 bridgehead atoms. The van der Waals surface area contributed by atoms with Crippen molar-refractivity contribution in [1.29, 1.82) is 0 Å². The highest BCUT2D eigenvalue weighted by atomic mass is 19.1. The van der Waals surface area contributed by atoms with E-state index in [4.69, 9.17) is 4.74 Å². The maximum Gasteiger partial charge on any atom is 0.274 e. The van der Waals surface area contributed by atoms with Gasteiger partial charge in [-0.3, -0.25) is 4.79 Å². The van der Waals surface area contributed by atoms with Crippen LogP contribution in [0, 0.1) is 5.82 Å². The predicted molar refractivity (Wildman–Crippen MR) is 94.9 cm³/mol. The molecule has 0 aliphatic heterocycles. The monoisotopic (exact) mass is 337 g/mol. The van der Waals surface area contributed by atoms with Crippen LogP contribution in [0.2, 0.25) is 0 Å². The number of rotatable bonds is 5. The summed E-state index contributed by atoms with van der Waals surface area (Å²) in [6, 6.07) is 16.4. The van der Waals surface area contributed by atoms with Crippen molar-refractivity contribution in [3.05, 3.63) is 78.4 Å². The molecule has 0 aliphatic rings. The van der Waals surface area contributed by atoms with Crippen molar-refractivity contribution in [2.45, 2.75) is 0 Å². The largest absolute Gasteiger partial charge is 0.497 e. The second-order valence-corrected chi connectivity index (χ2v) is 5.25. The molecule has 2 N–H and O–H groups in total. The highest BCUT2D eigenvalue weighted by molar-refractivity contribution is 6.03. The summed E-state index contributed by atoms with van der Waals surface area (Å²) in [7, 11) is 1.58. The van der Waals surface area contributed by atoms with Gasteiger partial charge in [-0.2, -0.15) is 0 Å². The minimum absolute atomic E-state index is 0.292. The summed E-state index contributed by atoms with van der Waals surface area (Å²) in [4.78, 5) is 16.4. The van der Waals surface area contributed by atoms with Gasteiger partial charge in [-0.15, -0.1) is 0 Å². The van der Waals surface area contributed by atoms with Gasteiger partial charge in [-0.25, -0.2) is 9.37 Å². The quantitative estimate of drug-likeness (QED) is 0.731. The number of methoxy groups -OCH3 is 1. The molecule has 0 unspecified atom stereocenters. The summed E-state index contributed by atoms with van der Waals surface area (Å²) in [5.41, 5.74) is 2.38. The van der Waals surface area contributed by atoms with E-state index in [0.29, 0.717) is 22.8 Å². The molecule has 1 amide bonds. The Morgan fingerprint density at radius 1 is 0.920 bits per heavy atom. The second-order valence-electron chi connectivity index (χ2n) is 5.25. The minimum Gasteiger partial charge on any atom is -0.497 e. The van der Waals surface area contributed by atoms with E-state index in [0.717, 1.165) is 5.69 Å². The van der Waals surface area contributed by atoms with Crippen molar-refractivity contribution in [2.75, 3.05) is 17.7 Å². The smallest absolute Gasteiger partial charge is 0.274 e. The molecule has 6 heteroatoms. The van der Waals surface area contributed by atoms with Crippen molar-refractivity contribution in [2.24, 2.45) is 0 Å². The van der Waals surface area contributed by atoms with Crippen molar-refractivity contribution < 1.29 is 13.9 Å². The molecule has 3 aromatic rings. The van der Waals surface area contributed by atoms with Gasteiger partial charge in [0.2, 0.25) is 0 Å². The molecule has 1 aromatic heterocycles. The molecule has 0 spiro atoms. The van der Waals surface area contributed by atoms with E-state index < -0.39 is 0 Å². The van der Waals surface area contributed by atoms with E-state index in [1.54, 1.807) is 61.8 Å². The summed E-state index contributed by atoms with van der Waals surface area (Å²) in [5, 5.41) is 5.85. The van der Waals surface area contributed by atoms with Gasteiger partial charge >= 0.3 is 0 Å². The van der Waals surface area contributed by atoms with Crippen LogP contribution in [-0.4, -0.2) is 18.0 Å². The van der Waals surface area contributed by atoms with E-state index in [1.165, 1.54) is 12.1 Å². The molecular weight excluding hydrogens is 321 g/mol. The number of pyridine rings is 1. The normalized spacial score (nSPS) is 10.2. The summed E-state index contributed by atoms with van der Waals surface area (Å²) in [5.74, 6) is 0.111. The lowest BCUT2D eigenvalue weighted by Crippen LogP contribution is -2.13. The Hall–Kier alpha value is -3.41. The average Bonchev–Trinajstić information content (AvgIpc) is 2.65. The van der Waals surface area contributed by atoms with Crippen LogP contribution in [0.25, 0.3) is 0 Å². The standard InChI is InChI=1S/C19H16FN3O2/c1-25-17-9-6-15(7-10-17)23-19(24)18-11-8-16(12-21-18)22-14-4-2-13(20)3-5-14/h2-12,22H,1H3,(H,23,24). The lowest BCUT2D eigenvalue weighted by Gasteiger charge is -2.08. The lowest BCUT2D eigenvalue weighted by atomic mass is 10.2. The topological polar surface area (TPSA) is 63.2 Å². The zero-order valence-corrected chi connectivity index (χ0v) is 13.5. The number of amides is 1. The second kappa shape index (κ2) is 7.44. The molecule has 0 atom stereocenters. The average molecular weight is 337 g/mol. The number of carbonyl (C=O) groups is 1. The first-order chi connectivity index (χ1) is 12.1. The first kappa shape index (κ1) is 16.4. The van der Waals surface area contributed by atoms with E-state index in [2.05, 4.69) is 15.6 Å². The van der Waals surface area contributed by atoms with Gasteiger partial charge in [0, 0.05) is 11.4 Å². The molecule has 0 saturated carbocycles. The number of carbonyl (C=O) groups excluding carboxylic acids is 1. The van der Waals surface area contributed by atoms with Crippen LogP contribution >= 0.6 is 0 Å². The lowest BCUT2D eigenvalue weighted by molar-refractivity contribution is 0.102. The maximum absolute atomic E-state index is 12.9. The fraction of sp³-hybridized carbons (Fsp3) is 0.0526. The summed E-state index contributed by atoms with van der Waals surface area (Å²) < 4.78 is 18.0. The predicted octanol–water partition coefficient (Wildman–Crippen LogP) is 4.23. The van der Waals surface area contributed by atoms with Crippen LogP contribution in [0.15, 0.2) is 66.9 Å². The molecule has 0 radical (unpaired) electrons. The number of hydrogen-bond donors (Lipinski definition) is 2. The zero-order chi connectivity index (χ0) is 17.6. The number of benzene rings is 2. The Labute approximate surface area is 144 Å². The molecule has 5 nitrogen and oxygen atoms in total. The van der Waals surface area contributed by atoms with Crippen molar-refractivity contribution >= 4 is 23.0 Å². The van der Waals surface area contributed by atoms with Crippen molar-refractivity contribution in [1.82, 2.24) is 4.98 Å². The third kappa shape index (κ3) is 4.32. The Morgan fingerprint density at radius 2 is 1.56 bits per heavy atom. The Kier molecular flexibility index (Phi) is 4.89. The number of anilines is 3. The number of nitrogens with zero attached hydrogens (tertiary/aromatic N) is 1. The van der Waals surface area contributed by atoms with Gasteiger partial charge in [0.25, 0.3) is 5.91 Å². The summed E-state index contributed by atoms with van der Waals surface area (Å²) >= 11 is 0. The maximum atomic E-state index is 12.9. The van der Waals surface area contributed by atoms with Crippen LogP contribution in [0.5, 0.6) is 5.75 Å². The first-order valence-electron chi connectivity index (χ1n) is 7.58. The van der Waals surface area contributed by atoms with Gasteiger partial charge < -0.3 is 15.4 Å². The third-order valence-electron chi connectivity index (χ3n) is 3.48. The summed E-state index contributed by atoms with van der Waals surface area (Å²) in [6.07, 6.45) is 1.55. The molecule has 126 valence electrons. The highest BCUT2D eigenvalue weighted by Crippen LogP contribution is 2.18. The summed E-state index contributed by atoms with van der Waals surface area (Å²) in [6.45, 7) is 0. The van der Waals surface area contributed by atoms with Crippen LogP contribution in [0.1, 0.15) is 10.5 Å². The van der Waals surface area contributed by atoms with Gasteiger partial charge in [0.05, 0.1) is 19.0 Å². The zero-order valence-electron chi connectivity index (χ0n) is 13.5. The van der Waals surface area contributed by atoms with Gasteiger partial charge in [-0.05, 0) is 60.7 Å². The number of halogens is 1. The van der Waals surface area contributed by atoms with Crippen LogP contribution in [-0.2, 0) is 0 Å². The van der Waals surface area contributed by atoms with E-state index in [1.807, 2.05) is 0 Å². The SMILES string of the molecule is COc1ccc(NC(=O)c2ccc(Nc3ccc(F)cc3)cn2)cc1. The van der Waals surface area contributed by atoms with Crippen molar-refractivity contribution in [3.8, 4) is 5.75 Å². The number of hydrogen-bond acceptors (Lipinski definition) is 4. The van der Waals surface area contributed by atoms with Crippen molar-refractivity contribution in [3.63, 3.8) is 0 Å². The Morgan fingerprint density at radius 3 is 2.16 bits per heavy atom. The number of ether oxygens (including phenoxy) is 1. The van der Waals surface area contributed by atoms with E-state index in [9.17, 15) is 9.18 Å². The Bertz CT molecular complexity index is 847. The van der Waals surface area contributed by atoms with Gasteiger partial charge in [-0.1, -0.05) is 0 Å². The fourth-order valence-electron chi connectivity index (χ4n) is 2.17. The van der Waals surface area contributed by atoms with Crippen LogP contribution < -0.4 is 15.4 Å². The molecule has 3 rings (SSSR count). The first-order valence-corrected chi connectivity index (χ1v) is 7.58. The molecule has 1 heterocycles. The van der Waals surface area contributed by atoms with Gasteiger partial charge in [0.15, 0.2) is 0 Å². The number of aromatic nitrogens is 1. The Balaban J connectivity index is 1.64. The highest BCUT2D eigenvalue weighted by Gasteiger charge is 2.08. The van der Waals surface area contributed by atoms with Gasteiger partial charge in [0.1, 0.15) is 17.3 Å². The molecule has 2 aromatic carbocycles. The molecule has 25 heavy (non-hydrogen) atoms. The van der Waals surface area contributed by atoms with E-state index in [-0.39, 0.29) is 11.7 Å². The molecule has 0 aliphatic carbocycles. The van der Waals surface area contributed by atoms with Crippen LogP contribution in [0.4, 0.5) is 21.5 Å². The number of nitrogens with one attached hydrogen (secondary N) is 2. The fourth-order valence-corrected chi connectivity index (χ4v) is 2.17. The van der Waals surface area contributed by atoms with E-state index >= 15 is 0 Å². The molecular formula is C19H16FN3O2. The minimum atomic E-state index is -0.307. The van der Waals surface area contributed by atoms with Crippen LogP contribution in [0.3, 0.4) is 0 Å².